The molecular formula is C17H28O. The lowest BCUT2D eigenvalue weighted by Gasteiger charge is -2.05. The monoisotopic (exact) mass is 248 g/mol. The van der Waals surface area contributed by atoms with E-state index in [4.69, 9.17) is 4.74 Å². The number of ether oxygens (including phenoxy) is 1. The van der Waals surface area contributed by atoms with Crippen molar-refractivity contribution >= 4 is 0 Å². The van der Waals surface area contributed by atoms with Crippen LogP contribution in [0, 0.1) is 0 Å². The third-order valence-corrected chi connectivity index (χ3v) is 3.34. The molecule has 0 fully saturated rings. The van der Waals surface area contributed by atoms with Gasteiger partial charge in [-0.15, -0.1) is 0 Å². The van der Waals surface area contributed by atoms with Gasteiger partial charge in [0.15, 0.2) is 0 Å². The highest BCUT2D eigenvalue weighted by molar-refractivity contribution is 5.21. The lowest BCUT2D eigenvalue weighted by Crippen LogP contribution is -1.96. The Balaban J connectivity index is 2.00. The lowest BCUT2D eigenvalue weighted by molar-refractivity contribution is 0.116. The van der Waals surface area contributed by atoms with Crippen LogP contribution >= 0.6 is 0 Å². The fourth-order valence-corrected chi connectivity index (χ4v) is 2.05. The van der Waals surface area contributed by atoms with Crippen molar-refractivity contribution in [2.75, 3.05) is 6.61 Å². The lowest BCUT2D eigenvalue weighted by atomic mass is 10.1. The number of rotatable bonds is 10. The summed E-state index contributed by atoms with van der Waals surface area (Å²) in [5.74, 6) is 0. The zero-order valence-corrected chi connectivity index (χ0v) is 12.1. The standard InChI is InChI=1S/C17H28O/c1-3-5-6-7-8-9-14-18-15-17-12-10-16(4-2)11-13-17/h10-13H,3-9,14-15H2,1-2H3. The molecule has 0 spiro atoms. The molecule has 1 nitrogen and oxygen atoms in total. The normalized spacial score (nSPS) is 10.8. The molecule has 0 N–H and O–H groups in total. The van der Waals surface area contributed by atoms with E-state index in [0.717, 1.165) is 19.6 Å². The Bertz CT molecular complexity index is 289. The summed E-state index contributed by atoms with van der Waals surface area (Å²) in [4.78, 5) is 0. The third-order valence-electron chi connectivity index (χ3n) is 3.34. The maximum absolute atomic E-state index is 5.70. The molecule has 0 aromatic heterocycles. The highest BCUT2D eigenvalue weighted by atomic mass is 16.5. The number of hydrogen-bond donors (Lipinski definition) is 0. The number of unbranched alkanes of at least 4 members (excludes halogenated alkanes) is 5. The maximum Gasteiger partial charge on any atom is 0.0716 e. The van der Waals surface area contributed by atoms with Crippen LogP contribution in [0.15, 0.2) is 24.3 Å². The maximum atomic E-state index is 5.70. The van der Waals surface area contributed by atoms with E-state index in [1.807, 2.05) is 0 Å². The van der Waals surface area contributed by atoms with E-state index in [1.54, 1.807) is 0 Å². The Morgan fingerprint density at radius 1 is 0.778 bits per heavy atom. The molecule has 1 rings (SSSR count). The van der Waals surface area contributed by atoms with Crippen LogP contribution in [0.5, 0.6) is 0 Å². The Hall–Kier alpha value is -0.820. The molecule has 0 bridgehead atoms. The molecule has 0 amide bonds. The largest absolute Gasteiger partial charge is 0.377 e. The van der Waals surface area contributed by atoms with Crippen LogP contribution in [0.4, 0.5) is 0 Å². The van der Waals surface area contributed by atoms with Crippen molar-refractivity contribution < 1.29 is 4.74 Å². The molecule has 0 aliphatic rings. The average molecular weight is 248 g/mol. The van der Waals surface area contributed by atoms with Gasteiger partial charge in [0.05, 0.1) is 6.61 Å². The van der Waals surface area contributed by atoms with E-state index in [2.05, 4.69) is 38.1 Å². The zero-order valence-electron chi connectivity index (χ0n) is 12.1. The van der Waals surface area contributed by atoms with Gasteiger partial charge in [-0.1, -0.05) is 70.2 Å². The summed E-state index contributed by atoms with van der Waals surface area (Å²) in [6.45, 7) is 6.11. The van der Waals surface area contributed by atoms with Gasteiger partial charge in [-0.3, -0.25) is 0 Å². The van der Waals surface area contributed by atoms with Gasteiger partial charge in [0.1, 0.15) is 0 Å². The van der Waals surface area contributed by atoms with E-state index >= 15 is 0 Å². The molecule has 0 aliphatic carbocycles. The van der Waals surface area contributed by atoms with Crippen LogP contribution < -0.4 is 0 Å². The van der Waals surface area contributed by atoms with Gasteiger partial charge < -0.3 is 4.74 Å². The van der Waals surface area contributed by atoms with Crippen LogP contribution in [0.2, 0.25) is 0 Å². The minimum atomic E-state index is 0.763. The second-order valence-corrected chi connectivity index (χ2v) is 4.99. The van der Waals surface area contributed by atoms with Crippen molar-refractivity contribution in [3.05, 3.63) is 35.4 Å². The van der Waals surface area contributed by atoms with E-state index < -0.39 is 0 Å². The van der Waals surface area contributed by atoms with Gasteiger partial charge in [-0.05, 0) is 24.0 Å². The van der Waals surface area contributed by atoms with E-state index in [9.17, 15) is 0 Å². The molecule has 1 aromatic carbocycles. The van der Waals surface area contributed by atoms with Crippen molar-refractivity contribution in [2.24, 2.45) is 0 Å². The summed E-state index contributed by atoms with van der Waals surface area (Å²) < 4.78 is 5.70. The first kappa shape index (κ1) is 15.2. The van der Waals surface area contributed by atoms with Gasteiger partial charge >= 0.3 is 0 Å². The third kappa shape index (κ3) is 6.80. The second kappa shape index (κ2) is 10.1. The van der Waals surface area contributed by atoms with Gasteiger partial charge in [0.25, 0.3) is 0 Å². The van der Waals surface area contributed by atoms with Crippen molar-refractivity contribution in [3.63, 3.8) is 0 Å². The fraction of sp³-hybridized carbons (Fsp3) is 0.647. The predicted octanol–water partition coefficient (Wildman–Crippen LogP) is 5.13. The first-order chi connectivity index (χ1) is 8.86. The molecule has 0 unspecified atom stereocenters. The number of hydrogen-bond acceptors (Lipinski definition) is 1. The summed E-state index contributed by atoms with van der Waals surface area (Å²) in [6.07, 6.45) is 9.08. The Morgan fingerprint density at radius 2 is 1.39 bits per heavy atom. The Morgan fingerprint density at radius 3 is 2.06 bits per heavy atom. The molecule has 0 heterocycles. The summed E-state index contributed by atoms with van der Waals surface area (Å²) >= 11 is 0. The Labute approximate surface area is 113 Å². The van der Waals surface area contributed by atoms with Crippen molar-refractivity contribution in [1.82, 2.24) is 0 Å². The molecule has 0 radical (unpaired) electrons. The molecule has 1 aromatic rings. The fourth-order valence-electron chi connectivity index (χ4n) is 2.05. The predicted molar refractivity (Wildman–Crippen MR) is 78.9 cm³/mol. The highest BCUT2D eigenvalue weighted by Gasteiger charge is 1.95. The first-order valence-corrected chi connectivity index (χ1v) is 7.52. The SMILES string of the molecule is CCCCCCCCOCc1ccc(CC)cc1. The first-order valence-electron chi connectivity index (χ1n) is 7.52. The quantitative estimate of drug-likeness (QED) is 0.522. The van der Waals surface area contributed by atoms with Gasteiger partial charge in [0, 0.05) is 6.61 Å². The topological polar surface area (TPSA) is 9.23 Å². The second-order valence-electron chi connectivity index (χ2n) is 4.99. The van der Waals surface area contributed by atoms with Gasteiger partial charge in [-0.2, -0.15) is 0 Å². The minimum Gasteiger partial charge on any atom is -0.377 e. The van der Waals surface area contributed by atoms with Crippen LogP contribution in [-0.4, -0.2) is 6.61 Å². The van der Waals surface area contributed by atoms with Crippen molar-refractivity contribution in [2.45, 2.75) is 65.4 Å². The van der Waals surface area contributed by atoms with Crippen LogP contribution in [0.25, 0.3) is 0 Å². The van der Waals surface area contributed by atoms with Crippen LogP contribution in [-0.2, 0) is 17.8 Å². The molecular weight excluding hydrogens is 220 g/mol. The Kier molecular flexibility index (Phi) is 8.58. The van der Waals surface area contributed by atoms with Crippen molar-refractivity contribution in [1.29, 1.82) is 0 Å². The molecule has 18 heavy (non-hydrogen) atoms. The van der Waals surface area contributed by atoms with Gasteiger partial charge in [0.2, 0.25) is 0 Å². The number of aryl methyl sites for hydroxylation is 1. The minimum absolute atomic E-state index is 0.763. The molecule has 0 atom stereocenters. The smallest absolute Gasteiger partial charge is 0.0716 e. The molecule has 102 valence electrons. The van der Waals surface area contributed by atoms with E-state index in [1.165, 1.54) is 49.7 Å². The van der Waals surface area contributed by atoms with Gasteiger partial charge in [-0.25, -0.2) is 0 Å². The molecule has 0 saturated heterocycles. The summed E-state index contributed by atoms with van der Waals surface area (Å²) in [5.41, 5.74) is 2.69. The van der Waals surface area contributed by atoms with E-state index in [0.29, 0.717) is 0 Å². The average Bonchev–Trinajstić information content (AvgIpc) is 2.42. The summed E-state index contributed by atoms with van der Waals surface area (Å²) in [5, 5.41) is 0. The highest BCUT2D eigenvalue weighted by Crippen LogP contribution is 2.08. The number of benzene rings is 1. The molecule has 0 aliphatic heterocycles. The summed E-state index contributed by atoms with van der Waals surface area (Å²) in [7, 11) is 0. The molecule has 0 saturated carbocycles. The summed E-state index contributed by atoms with van der Waals surface area (Å²) in [6, 6.07) is 8.76. The van der Waals surface area contributed by atoms with Crippen LogP contribution in [0.1, 0.15) is 63.5 Å². The van der Waals surface area contributed by atoms with Crippen molar-refractivity contribution in [3.8, 4) is 0 Å². The van der Waals surface area contributed by atoms with Crippen LogP contribution in [0.3, 0.4) is 0 Å². The van der Waals surface area contributed by atoms with E-state index in [-0.39, 0.29) is 0 Å². The zero-order chi connectivity index (χ0) is 13.1. The molecule has 1 heteroatoms.